The van der Waals surface area contributed by atoms with E-state index in [-0.39, 0.29) is 12.3 Å². The Balaban J connectivity index is 2.39. The van der Waals surface area contributed by atoms with Crippen molar-refractivity contribution in [3.8, 4) is 5.75 Å². The summed E-state index contributed by atoms with van der Waals surface area (Å²) >= 11 is 12.1. The highest BCUT2D eigenvalue weighted by Crippen LogP contribution is 2.27. The predicted molar refractivity (Wildman–Crippen MR) is 91.5 cm³/mol. The highest BCUT2D eigenvalue weighted by Gasteiger charge is 2.24. The Kier molecular flexibility index (Phi) is 5.69. The number of halogens is 2. The van der Waals surface area contributed by atoms with E-state index in [4.69, 9.17) is 33.7 Å². The highest BCUT2D eigenvalue weighted by atomic mass is 35.5. The summed E-state index contributed by atoms with van der Waals surface area (Å²) in [6.07, 6.45) is 0. The van der Waals surface area contributed by atoms with Crippen molar-refractivity contribution in [1.82, 2.24) is 9.78 Å². The third-order valence-corrected chi connectivity index (χ3v) is 3.79. The van der Waals surface area contributed by atoms with Crippen LogP contribution < -0.4 is 10.5 Å². The fourth-order valence-electron chi connectivity index (χ4n) is 2.17. The topological polar surface area (TPSA) is 91.7 Å². The number of hydrogen-bond donors (Lipinski definition) is 1. The Bertz CT molecular complexity index is 802. The number of ether oxygens (including phenoxy) is 1. The van der Waals surface area contributed by atoms with Gasteiger partial charge in [0.25, 0.3) is 5.91 Å². The molecule has 0 aliphatic carbocycles. The van der Waals surface area contributed by atoms with Crippen molar-refractivity contribution in [3.63, 3.8) is 0 Å². The molecule has 2 rings (SSSR count). The molecule has 0 aliphatic rings. The standard InChI is InChI=1S/C15H16Cl2N4O3/c1-8-14(24-7-9-6-10(16)4-5-11(9)17)13(21(2)19-8)12(15(18)22)20-23-3/h4-6H,7H2,1-3H3,(H2,18,22). The number of carbonyl (C=O) groups excluding carboxylic acids is 1. The van der Waals surface area contributed by atoms with Crippen LogP contribution in [-0.4, -0.2) is 28.5 Å². The van der Waals surface area contributed by atoms with Crippen LogP contribution in [0.3, 0.4) is 0 Å². The van der Waals surface area contributed by atoms with E-state index < -0.39 is 5.91 Å². The summed E-state index contributed by atoms with van der Waals surface area (Å²) in [5.74, 6) is -0.395. The van der Waals surface area contributed by atoms with Crippen LogP contribution in [0.2, 0.25) is 10.0 Å². The lowest BCUT2D eigenvalue weighted by Crippen LogP contribution is -2.27. The van der Waals surface area contributed by atoms with Gasteiger partial charge in [-0.15, -0.1) is 0 Å². The lowest BCUT2D eigenvalue weighted by atomic mass is 10.2. The molecule has 1 heterocycles. The molecule has 9 heteroatoms. The van der Waals surface area contributed by atoms with Crippen LogP contribution >= 0.6 is 23.2 Å². The van der Waals surface area contributed by atoms with Crippen LogP contribution in [0.1, 0.15) is 17.0 Å². The first-order valence-electron chi connectivity index (χ1n) is 6.86. The minimum absolute atomic E-state index is 0.0900. The van der Waals surface area contributed by atoms with Crippen LogP contribution in [0, 0.1) is 6.92 Å². The number of amides is 1. The summed E-state index contributed by atoms with van der Waals surface area (Å²) in [5.41, 5.74) is 6.86. The van der Waals surface area contributed by atoms with Gasteiger partial charge in [-0.3, -0.25) is 9.48 Å². The van der Waals surface area contributed by atoms with Crippen molar-refractivity contribution in [2.45, 2.75) is 13.5 Å². The van der Waals surface area contributed by atoms with Gasteiger partial charge in [0.1, 0.15) is 25.1 Å². The molecule has 1 aromatic heterocycles. The van der Waals surface area contributed by atoms with Crippen LogP contribution in [0.15, 0.2) is 23.4 Å². The Morgan fingerprint density at radius 3 is 2.75 bits per heavy atom. The first kappa shape index (κ1) is 18.1. The van der Waals surface area contributed by atoms with Crippen molar-refractivity contribution < 1.29 is 14.4 Å². The second-order valence-corrected chi connectivity index (χ2v) is 5.74. The number of benzene rings is 1. The maximum atomic E-state index is 11.7. The number of nitrogens with zero attached hydrogens (tertiary/aromatic N) is 3. The Morgan fingerprint density at radius 2 is 2.12 bits per heavy atom. The Morgan fingerprint density at radius 1 is 1.42 bits per heavy atom. The summed E-state index contributed by atoms with van der Waals surface area (Å²) in [7, 11) is 2.97. The average Bonchev–Trinajstić information content (AvgIpc) is 2.79. The van der Waals surface area contributed by atoms with Gasteiger partial charge in [0, 0.05) is 22.7 Å². The lowest BCUT2D eigenvalue weighted by molar-refractivity contribution is -0.112. The van der Waals surface area contributed by atoms with E-state index in [1.54, 1.807) is 32.2 Å². The van der Waals surface area contributed by atoms with Crippen molar-refractivity contribution >= 4 is 34.8 Å². The molecule has 1 aromatic carbocycles. The Labute approximate surface area is 148 Å². The number of oxime groups is 1. The van der Waals surface area contributed by atoms with Gasteiger partial charge >= 0.3 is 0 Å². The molecule has 7 nitrogen and oxygen atoms in total. The number of aromatic nitrogens is 2. The molecule has 0 atom stereocenters. The largest absolute Gasteiger partial charge is 0.485 e. The van der Waals surface area contributed by atoms with Crippen molar-refractivity contribution in [2.75, 3.05) is 7.11 Å². The molecule has 0 saturated carbocycles. The number of nitrogens with two attached hydrogens (primary N) is 1. The van der Waals surface area contributed by atoms with Gasteiger partial charge in [-0.1, -0.05) is 28.4 Å². The third kappa shape index (κ3) is 3.80. The molecule has 0 bridgehead atoms. The zero-order chi connectivity index (χ0) is 17.9. The van der Waals surface area contributed by atoms with E-state index in [9.17, 15) is 4.79 Å². The van der Waals surface area contributed by atoms with Crippen LogP contribution in [0.4, 0.5) is 0 Å². The number of carbonyl (C=O) groups is 1. The molecule has 0 radical (unpaired) electrons. The molecular formula is C15H16Cl2N4O3. The highest BCUT2D eigenvalue weighted by molar-refractivity contribution is 6.44. The first-order chi connectivity index (χ1) is 11.3. The first-order valence-corrected chi connectivity index (χ1v) is 7.62. The molecule has 2 aromatic rings. The summed E-state index contributed by atoms with van der Waals surface area (Å²) in [6.45, 7) is 1.88. The SMILES string of the molecule is CON=C(C(N)=O)c1c(OCc2cc(Cl)ccc2Cl)c(C)nn1C. The lowest BCUT2D eigenvalue weighted by Gasteiger charge is -2.10. The molecular weight excluding hydrogens is 355 g/mol. The molecule has 2 N–H and O–H groups in total. The summed E-state index contributed by atoms with van der Waals surface area (Å²) in [4.78, 5) is 16.3. The molecule has 128 valence electrons. The molecule has 0 saturated heterocycles. The molecule has 0 spiro atoms. The monoisotopic (exact) mass is 370 g/mol. The van der Waals surface area contributed by atoms with Gasteiger partial charge in [-0.05, 0) is 25.1 Å². The molecule has 0 fully saturated rings. The van der Waals surface area contributed by atoms with E-state index >= 15 is 0 Å². The number of aryl methyl sites for hydroxylation is 2. The van der Waals surface area contributed by atoms with Crippen LogP contribution in [-0.2, 0) is 23.3 Å². The van der Waals surface area contributed by atoms with E-state index in [1.165, 1.54) is 11.8 Å². The van der Waals surface area contributed by atoms with Gasteiger partial charge in [0.2, 0.25) is 0 Å². The second kappa shape index (κ2) is 7.55. The minimum Gasteiger partial charge on any atom is -0.485 e. The van der Waals surface area contributed by atoms with Gasteiger partial charge in [-0.2, -0.15) is 5.10 Å². The number of rotatable bonds is 6. The number of hydrogen-bond acceptors (Lipinski definition) is 5. The predicted octanol–water partition coefficient (Wildman–Crippen LogP) is 2.45. The smallest absolute Gasteiger partial charge is 0.273 e. The quantitative estimate of drug-likeness (QED) is 0.624. The van der Waals surface area contributed by atoms with Crippen molar-refractivity contribution in [3.05, 3.63) is 45.2 Å². The van der Waals surface area contributed by atoms with Gasteiger partial charge in [0.15, 0.2) is 11.5 Å². The number of primary amides is 1. The van der Waals surface area contributed by atoms with Crippen molar-refractivity contribution in [1.29, 1.82) is 0 Å². The fourth-order valence-corrected chi connectivity index (χ4v) is 2.54. The van der Waals surface area contributed by atoms with Gasteiger partial charge in [0.05, 0.1) is 0 Å². The molecule has 0 aliphatic heterocycles. The van der Waals surface area contributed by atoms with Gasteiger partial charge < -0.3 is 15.3 Å². The summed E-state index contributed by atoms with van der Waals surface area (Å²) in [6, 6.07) is 5.07. The maximum Gasteiger partial charge on any atom is 0.273 e. The molecule has 24 heavy (non-hydrogen) atoms. The van der Waals surface area contributed by atoms with E-state index in [0.717, 1.165) is 0 Å². The van der Waals surface area contributed by atoms with Crippen LogP contribution in [0.25, 0.3) is 0 Å². The maximum absolute atomic E-state index is 11.7. The Hall–Kier alpha value is -2.25. The molecule has 1 amide bonds. The zero-order valence-corrected chi connectivity index (χ0v) is 14.9. The van der Waals surface area contributed by atoms with E-state index in [0.29, 0.717) is 32.7 Å². The minimum atomic E-state index is -0.759. The summed E-state index contributed by atoms with van der Waals surface area (Å²) in [5, 5.41) is 8.97. The molecule has 0 unspecified atom stereocenters. The van der Waals surface area contributed by atoms with Gasteiger partial charge in [-0.25, -0.2) is 0 Å². The van der Waals surface area contributed by atoms with E-state index in [2.05, 4.69) is 15.1 Å². The van der Waals surface area contributed by atoms with Crippen molar-refractivity contribution in [2.24, 2.45) is 17.9 Å². The average molecular weight is 371 g/mol. The fraction of sp³-hybridized carbons (Fsp3) is 0.267. The third-order valence-electron chi connectivity index (χ3n) is 3.19. The zero-order valence-electron chi connectivity index (χ0n) is 13.3. The second-order valence-electron chi connectivity index (χ2n) is 4.90. The normalized spacial score (nSPS) is 11.5. The summed E-state index contributed by atoms with van der Waals surface area (Å²) < 4.78 is 7.27. The van der Waals surface area contributed by atoms with Crippen LogP contribution in [0.5, 0.6) is 5.75 Å². The van der Waals surface area contributed by atoms with E-state index in [1.807, 2.05) is 0 Å².